The van der Waals surface area contributed by atoms with Crippen LogP contribution >= 0.6 is 34.8 Å². The van der Waals surface area contributed by atoms with Gasteiger partial charge < -0.3 is 5.11 Å². The molecule has 1 rings (SSSR count). The fourth-order valence-corrected chi connectivity index (χ4v) is 0.567. The molecule has 1 aromatic rings. The molecule has 0 fully saturated rings. The largest absolute Gasteiger partial charge is 0.508 e. The molecule has 0 saturated carbocycles. The number of halogens is 3. The van der Waals surface area contributed by atoms with Crippen molar-refractivity contribution in [2.24, 2.45) is 0 Å². The van der Waals surface area contributed by atoms with Crippen molar-refractivity contribution < 1.29 is 5.11 Å². The van der Waals surface area contributed by atoms with Gasteiger partial charge in [-0.15, -0.1) is 23.2 Å². The summed E-state index contributed by atoms with van der Waals surface area (Å²) in [5.41, 5.74) is 0. The summed E-state index contributed by atoms with van der Waals surface area (Å²) in [6.45, 7) is 0. The van der Waals surface area contributed by atoms with E-state index in [1.165, 1.54) is 0 Å². The summed E-state index contributed by atoms with van der Waals surface area (Å²) in [6, 6.07) is 6.36. The molecule has 1 nitrogen and oxygen atoms in total. The Morgan fingerprint density at radius 3 is 1.73 bits per heavy atom. The minimum absolute atomic E-state index is 0.194. The van der Waals surface area contributed by atoms with Crippen LogP contribution in [0.25, 0.3) is 0 Å². The molecule has 0 aliphatic heterocycles. The van der Waals surface area contributed by atoms with E-state index in [1.54, 1.807) is 24.3 Å². The first-order valence-corrected chi connectivity index (χ1v) is 4.22. The van der Waals surface area contributed by atoms with Crippen molar-refractivity contribution in [1.82, 2.24) is 0 Å². The molecule has 1 N–H and O–H groups in total. The van der Waals surface area contributed by atoms with E-state index in [4.69, 9.17) is 39.9 Å². The molecule has 1 aromatic carbocycles. The highest BCUT2D eigenvalue weighted by molar-refractivity contribution is 6.40. The van der Waals surface area contributed by atoms with Crippen molar-refractivity contribution in [2.75, 3.05) is 5.34 Å². The first-order valence-electron chi connectivity index (χ1n) is 2.77. The highest BCUT2D eigenvalue weighted by Gasteiger charge is 1.84. The number of hydrogen-bond acceptors (Lipinski definition) is 1. The predicted molar refractivity (Wildman–Crippen MR) is 49.7 cm³/mol. The highest BCUT2D eigenvalue weighted by atomic mass is 35.5. The van der Waals surface area contributed by atoms with Crippen LogP contribution in [0, 0.1) is 0 Å². The van der Waals surface area contributed by atoms with Gasteiger partial charge in [-0.2, -0.15) is 0 Å². The third kappa shape index (κ3) is 6.29. The minimum Gasteiger partial charge on any atom is -0.508 e. The zero-order valence-electron chi connectivity index (χ0n) is 5.60. The van der Waals surface area contributed by atoms with Gasteiger partial charge in [0, 0.05) is 5.02 Å². The van der Waals surface area contributed by atoms with E-state index < -0.39 is 0 Å². The molecule has 0 heterocycles. The monoisotopic (exact) mass is 212 g/mol. The number of phenols is 1. The second-order valence-electron chi connectivity index (χ2n) is 1.58. The molecule has 0 aliphatic carbocycles. The highest BCUT2D eigenvalue weighted by Crippen LogP contribution is 2.12. The second-order valence-corrected chi connectivity index (χ2v) is 2.82. The van der Waals surface area contributed by atoms with Gasteiger partial charge in [-0.3, -0.25) is 0 Å². The molecule has 0 saturated heterocycles. The van der Waals surface area contributed by atoms with Crippen molar-refractivity contribution in [3.8, 4) is 5.75 Å². The number of alkyl halides is 2. The van der Waals surface area contributed by atoms with Crippen LogP contribution in [0.3, 0.4) is 0 Å². The van der Waals surface area contributed by atoms with Crippen LogP contribution in [0.5, 0.6) is 5.75 Å². The Balaban J connectivity index is 0.000000292. The SMILES string of the molecule is ClCCl.Oc1ccc(Cl)cc1. The molecular weight excluding hydrogens is 206 g/mol. The van der Waals surface area contributed by atoms with Crippen molar-refractivity contribution in [2.45, 2.75) is 0 Å². The van der Waals surface area contributed by atoms with E-state index in [-0.39, 0.29) is 11.1 Å². The first-order chi connectivity index (χ1) is 5.20. The number of hydrogen-bond donors (Lipinski definition) is 1. The quantitative estimate of drug-likeness (QED) is 0.654. The molecule has 0 aliphatic rings. The molecule has 11 heavy (non-hydrogen) atoms. The molecule has 62 valence electrons. The summed E-state index contributed by atoms with van der Waals surface area (Å²) in [4.78, 5) is 0. The fourth-order valence-electron chi connectivity index (χ4n) is 0.441. The Morgan fingerprint density at radius 1 is 1.09 bits per heavy atom. The molecule has 0 unspecified atom stereocenters. The molecular formula is C7H7Cl3O. The maximum absolute atomic E-state index is 8.70. The lowest BCUT2D eigenvalue weighted by molar-refractivity contribution is 0.475. The minimum atomic E-state index is 0.194. The average Bonchev–Trinajstić information content (AvgIpc) is 1.97. The lowest BCUT2D eigenvalue weighted by Gasteiger charge is -1.87. The van der Waals surface area contributed by atoms with Gasteiger partial charge in [0.2, 0.25) is 0 Å². The zero-order chi connectivity index (χ0) is 8.69. The lowest BCUT2D eigenvalue weighted by atomic mass is 10.3. The van der Waals surface area contributed by atoms with Crippen LogP contribution in [0.2, 0.25) is 5.02 Å². The Morgan fingerprint density at radius 2 is 1.45 bits per heavy atom. The maximum Gasteiger partial charge on any atom is 0.115 e. The number of aromatic hydroxyl groups is 1. The smallest absolute Gasteiger partial charge is 0.115 e. The second kappa shape index (κ2) is 6.59. The van der Waals surface area contributed by atoms with Crippen LogP contribution in [-0.2, 0) is 0 Å². The van der Waals surface area contributed by atoms with Gasteiger partial charge >= 0.3 is 0 Å². The summed E-state index contributed by atoms with van der Waals surface area (Å²) in [5, 5.41) is 9.53. The summed E-state index contributed by atoms with van der Waals surface area (Å²) in [7, 11) is 0. The van der Waals surface area contributed by atoms with Gasteiger partial charge in [0.25, 0.3) is 0 Å². The molecule has 4 heteroatoms. The molecule has 0 radical (unpaired) electrons. The molecule has 0 aromatic heterocycles. The van der Waals surface area contributed by atoms with Crippen molar-refractivity contribution in [3.05, 3.63) is 29.3 Å². The van der Waals surface area contributed by atoms with Crippen molar-refractivity contribution >= 4 is 34.8 Å². The van der Waals surface area contributed by atoms with Crippen LogP contribution < -0.4 is 0 Å². The van der Waals surface area contributed by atoms with Crippen molar-refractivity contribution in [3.63, 3.8) is 0 Å². The van der Waals surface area contributed by atoms with E-state index in [0.29, 0.717) is 5.02 Å². The standard InChI is InChI=1S/C6H5ClO.CH2Cl2/c7-5-1-3-6(8)4-2-5;2-1-3/h1-4,8H;1H2. The van der Waals surface area contributed by atoms with Gasteiger partial charge in [-0.1, -0.05) is 11.6 Å². The van der Waals surface area contributed by atoms with Gasteiger partial charge in [-0.25, -0.2) is 0 Å². The van der Waals surface area contributed by atoms with Gasteiger partial charge in [0.05, 0.1) is 5.34 Å². The van der Waals surface area contributed by atoms with Crippen LogP contribution in [0.4, 0.5) is 0 Å². The Labute approximate surface area is 80.5 Å². The molecule has 0 bridgehead atoms. The molecule has 0 atom stereocenters. The number of rotatable bonds is 0. The van der Waals surface area contributed by atoms with Crippen LogP contribution in [-0.4, -0.2) is 10.4 Å². The van der Waals surface area contributed by atoms with Gasteiger partial charge in [-0.05, 0) is 24.3 Å². The van der Waals surface area contributed by atoms with Gasteiger partial charge in [0.15, 0.2) is 0 Å². The third-order valence-electron chi connectivity index (χ3n) is 0.827. The Hall–Kier alpha value is -0.110. The van der Waals surface area contributed by atoms with E-state index in [2.05, 4.69) is 0 Å². The Bertz CT molecular complexity index is 164. The maximum atomic E-state index is 8.70. The Kier molecular flexibility index (Phi) is 6.52. The summed E-state index contributed by atoms with van der Waals surface area (Å²) < 4.78 is 0. The predicted octanol–water partition coefficient (Wildman–Crippen LogP) is 3.47. The number of benzene rings is 1. The molecule has 0 spiro atoms. The lowest BCUT2D eigenvalue weighted by Crippen LogP contribution is -1.61. The van der Waals surface area contributed by atoms with Gasteiger partial charge in [0.1, 0.15) is 5.75 Å². The fraction of sp³-hybridized carbons (Fsp3) is 0.143. The normalized spacial score (nSPS) is 8.27. The van der Waals surface area contributed by atoms with Crippen LogP contribution in [0.15, 0.2) is 24.3 Å². The van der Waals surface area contributed by atoms with E-state index in [1.807, 2.05) is 0 Å². The third-order valence-corrected chi connectivity index (χ3v) is 1.08. The summed E-state index contributed by atoms with van der Waals surface area (Å²) in [5.74, 6) is 0.245. The molecule has 0 amide bonds. The van der Waals surface area contributed by atoms with E-state index >= 15 is 0 Å². The zero-order valence-corrected chi connectivity index (χ0v) is 7.87. The first kappa shape index (κ1) is 10.9. The van der Waals surface area contributed by atoms with E-state index in [9.17, 15) is 0 Å². The van der Waals surface area contributed by atoms with Crippen LogP contribution in [0.1, 0.15) is 0 Å². The summed E-state index contributed by atoms with van der Waals surface area (Å²) in [6.07, 6.45) is 0. The van der Waals surface area contributed by atoms with Crippen molar-refractivity contribution in [1.29, 1.82) is 0 Å². The van der Waals surface area contributed by atoms with E-state index in [0.717, 1.165) is 0 Å². The number of phenolic OH excluding ortho intramolecular Hbond substituents is 1. The summed E-state index contributed by atoms with van der Waals surface area (Å²) >= 11 is 15.0. The average molecular weight is 213 g/mol. The topological polar surface area (TPSA) is 20.2 Å².